The van der Waals surface area contributed by atoms with E-state index in [1.807, 2.05) is 31.2 Å². The molecule has 0 radical (unpaired) electrons. The maximum absolute atomic E-state index is 12.4. The summed E-state index contributed by atoms with van der Waals surface area (Å²) in [5.41, 5.74) is 4.75. The highest BCUT2D eigenvalue weighted by Gasteiger charge is 2.14. The van der Waals surface area contributed by atoms with Crippen LogP contribution in [0.5, 0.6) is 5.75 Å². The van der Waals surface area contributed by atoms with E-state index in [-0.39, 0.29) is 29.5 Å². The van der Waals surface area contributed by atoms with Gasteiger partial charge in [0.2, 0.25) is 0 Å². The smallest absolute Gasteiger partial charge is 0.343 e. The van der Waals surface area contributed by atoms with Crippen molar-refractivity contribution in [2.24, 2.45) is 5.10 Å². The lowest BCUT2D eigenvalue weighted by Crippen LogP contribution is -2.26. The van der Waals surface area contributed by atoms with Crippen LogP contribution < -0.4 is 15.5 Å². The Morgan fingerprint density at radius 1 is 1.12 bits per heavy atom. The number of nitrogens with zero attached hydrogens (tertiary/aromatic N) is 2. The van der Waals surface area contributed by atoms with Crippen LogP contribution in [0, 0.1) is 17.0 Å². The molecule has 2 N–H and O–H groups in total. The highest BCUT2D eigenvalue weighted by atomic mass is 79.9. The predicted octanol–water partition coefficient (Wildman–Crippen LogP) is 4.45. The van der Waals surface area contributed by atoms with Gasteiger partial charge in [-0.05, 0) is 48.9 Å². The molecule has 33 heavy (non-hydrogen) atoms. The van der Waals surface area contributed by atoms with E-state index in [1.165, 1.54) is 30.5 Å². The first-order valence-corrected chi connectivity index (χ1v) is 10.5. The minimum Gasteiger partial charge on any atom is -0.422 e. The number of esters is 1. The molecule has 0 aliphatic rings. The van der Waals surface area contributed by atoms with Crippen molar-refractivity contribution in [3.63, 3.8) is 0 Å². The molecule has 3 aromatic rings. The standard InChI is InChI=1S/C23H19BrN4O5/c1-15-4-2-3-5-20(15)25-14-22(29)27-26-13-17-12-18(24)8-11-21(17)33-23(30)16-6-9-19(10-7-16)28(31)32/h2-13,25H,14H2,1H3,(H,27,29)/b26-13+. The lowest BCUT2D eigenvalue weighted by molar-refractivity contribution is -0.384. The van der Waals surface area contributed by atoms with Gasteiger partial charge in [0.25, 0.3) is 11.6 Å². The number of anilines is 1. The number of benzene rings is 3. The van der Waals surface area contributed by atoms with E-state index >= 15 is 0 Å². The third kappa shape index (κ3) is 6.71. The van der Waals surface area contributed by atoms with Gasteiger partial charge >= 0.3 is 5.97 Å². The Morgan fingerprint density at radius 3 is 2.55 bits per heavy atom. The van der Waals surface area contributed by atoms with Crippen LogP contribution in [0.1, 0.15) is 21.5 Å². The summed E-state index contributed by atoms with van der Waals surface area (Å²) in [6, 6.07) is 17.6. The van der Waals surface area contributed by atoms with Crippen LogP contribution in [0.25, 0.3) is 0 Å². The number of para-hydroxylation sites is 1. The second-order valence-corrected chi connectivity index (χ2v) is 7.75. The van der Waals surface area contributed by atoms with Crippen molar-refractivity contribution in [3.8, 4) is 5.75 Å². The quantitative estimate of drug-likeness (QED) is 0.152. The Morgan fingerprint density at radius 2 is 1.85 bits per heavy atom. The predicted molar refractivity (Wildman–Crippen MR) is 128 cm³/mol. The SMILES string of the molecule is Cc1ccccc1NCC(=O)N/N=C/c1cc(Br)ccc1OC(=O)c1ccc([N+](=O)[O-])cc1. The number of hydrogen-bond acceptors (Lipinski definition) is 7. The number of carbonyl (C=O) groups is 2. The molecular weight excluding hydrogens is 492 g/mol. The van der Waals surface area contributed by atoms with Crippen LogP contribution in [0.4, 0.5) is 11.4 Å². The normalized spacial score (nSPS) is 10.6. The van der Waals surface area contributed by atoms with Gasteiger partial charge in [-0.25, -0.2) is 10.2 Å². The maximum Gasteiger partial charge on any atom is 0.343 e. The summed E-state index contributed by atoms with van der Waals surface area (Å²) in [6.45, 7) is 1.97. The number of aryl methyl sites for hydroxylation is 1. The van der Waals surface area contributed by atoms with Gasteiger partial charge in [0.15, 0.2) is 0 Å². The van der Waals surface area contributed by atoms with Crippen LogP contribution in [0.3, 0.4) is 0 Å². The van der Waals surface area contributed by atoms with Crippen molar-refractivity contribution in [2.45, 2.75) is 6.92 Å². The van der Waals surface area contributed by atoms with Gasteiger partial charge in [0, 0.05) is 27.9 Å². The average molecular weight is 511 g/mol. The number of hydrazone groups is 1. The first kappa shape index (κ1) is 23.6. The van der Waals surface area contributed by atoms with Crippen LogP contribution in [-0.4, -0.2) is 29.6 Å². The fourth-order valence-electron chi connectivity index (χ4n) is 2.75. The first-order chi connectivity index (χ1) is 15.8. The van der Waals surface area contributed by atoms with Gasteiger partial charge < -0.3 is 10.1 Å². The molecule has 0 aromatic heterocycles. The lowest BCUT2D eigenvalue weighted by atomic mass is 10.2. The van der Waals surface area contributed by atoms with Gasteiger partial charge in [0.1, 0.15) is 5.75 Å². The van der Waals surface area contributed by atoms with Gasteiger partial charge in [-0.1, -0.05) is 34.1 Å². The van der Waals surface area contributed by atoms with Crippen LogP contribution in [-0.2, 0) is 4.79 Å². The molecule has 3 rings (SSSR count). The maximum atomic E-state index is 12.4. The Kier molecular flexibility index (Phi) is 7.87. The molecule has 3 aromatic carbocycles. The first-order valence-electron chi connectivity index (χ1n) is 9.71. The number of amides is 1. The Bertz CT molecular complexity index is 1210. The van der Waals surface area contributed by atoms with Crippen molar-refractivity contribution < 1.29 is 19.2 Å². The molecule has 9 nitrogen and oxygen atoms in total. The summed E-state index contributed by atoms with van der Waals surface area (Å²) in [4.78, 5) is 34.7. The van der Waals surface area contributed by atoms with Crippen LogP contribution in [0.2, 0.25) is 0 Å². The van der Waals surface area contributed by atoms with Crippen molar-refractivity contribution in [3.05, 3.63) is 98.0 Å². The number of nitro groups is 1. The molecule has 0 spiro atoms. The average Bonchev–Trinajstić information content (AvgIpc) is 2.80. The molecule has 0 saturated carbocycles. The van der Waals surface area contributed by atoms with Gasteiger partial charge in [0.05, 0.1) is 23.2 Å². The summed E-state index contributed by atoms with van der Waals surface area (Å²) in [6.07, 6.45) is 1.36. The second-order valence-electron chi connectivity index (χ2n) is 6.84. The number of rotatable bonds is 8. The third-order valence-corrected chi connectivity index (χ3v) is 4.96. The van der Waals surface area contributed by atoms with Gasteiger partial charge in [-0.3, -0.25) is 14.9 Å². The molecule has 0 bridgehead atoms. The number of nitrogens with one attached hydrogen (secondary N) is 2. The van der Waals surface area contributed by atoms with Crippen LogP contribution in [0.15, 0.2) is 76.3 Å². The van der Waals surface area contributed by atoms with E-state index in [2.05, 4.69) is 31.8 Å². The van der Waals surface area contributed by atoms with Crippen molar-refractivity contribution in [2.75, 3.05) is 11.9 Å². The molecular formula is C23H19BrN4O5. The zero-order valence-corrected chi connectivity index (χ0v) is 19.0. The van der Waals surface area contributed by atoms with Crippen molar-refractivity contribution in [1.29, 1.82) is 0 Å². The van der Waals surface area contributed by atoms with E-state index in [0.717, 1.165) is 11.3 Å². The summed E-state index contributed by atoms with van der Waals surface area (Å²) in [5.74, 6) is -0.833. The highest BCUT2D eigenvalue weighted by Crippen LogP contribution is 2.23. The molecule has 0 atom stereocenters. The van der Waals surface area contributed by atoms with E-state index in [9.17, 15) is 19.7 Å². The largest absolute Gasteiger partial charge is 0.422 e. The van der Waals surface area contributed by atoms with Gasteiger partial charge in [-0.2, -0.15) is 5.10 Å². The molecule has 0 aliphatic heterocycles. The van der Waals surface area contributed by atoms with Crippen molar-refractivity contribution >= 4 is 45.4 Å². The molecule has 168 valence electrons. The number of non-ortho nitro benzene ring substituents is 1. The molecule has 0 aliphatic carbocycles. The number of halogens is 1. The molecule has 1 amide bonds. The summed E-state index contributed by atoms with van der Waals surface area (Å²) < 4.78 is 6.13. The molecule has 10 heteroatoms. The van der Waals surface area contributed by atoms with Gasteiger partial charge in [-0.15, -0.1) is 0 Å². The van der Waals surface area contributed by atoms with E-state index in [0.29, 0.717) is 10.0 Å². The second kappa shape index (κ2) is 11.0. The Labute approximate surface area is 197 Å². The summed E-state index contributed by atoms with van der Waals surface area (Å²) >= 11 is 3.34. The van der Waals surface area contributed by atoms with Crippen molar-refractivity contribution in [1.82, 2.24) is 5.43 Å². The minimum atomic E-state index is -0.687. The van der Waals surface area contributed by atoms with E-state index < -0.39 is 10.9 Å². The highest BCUT2D eigenvalue weighted by molar-refractivity contribution is 9.10. The number of carbonyl (C=O) groups excluding carboxylic acids is 2. The van der Waals surface area contributed by atoms with E-state index in [1.54, 1.807) is 18.2 Å². The topological polar surface area (TPSA) is 123 Å². The summed E-state index contributed by atoms with van der Waals surface area (Å²) in [7, 11) is 0. The zero-order chi connectivity index (χ0) is 23.8. The van der Waals surface area contributed by atoms with Crippen LogP contribution >= 0.6 is 15.9 Å². The Hall–Kier alpha value is -4.05. The molecule has 0 saturated heterocycles. The molecule has 0 heterocycles. The zero-order valence-electron chi connectivity index (χ0n) is 17.4. The van der Waals surface area contributed by atoms with E-state index in [4.69, 9.17) is 4.74 Å². The summed E-state index contributed by atoms with van der Waals surface area (Å²) in [5, 5.41) is 17.7. The number of nitro benzene ring substituents is 1. The monoisotopic (exact) mass is 510 g/mol. The Balaban J connectivity index is 1.63. The lowest BCUT2D eigenvalue weighted by Gasteiger charge is -2.09. The number of hydrogen-bond donors (Lipinski definition) is 2. The molecule has 0 unspecified atom stereocenters. The fourth-order valence-corrected chi connectivity index (χ4v) is 3.13. The fraction of sp³-hybridized carbons (Fsp3) is 0.0870. The third-order valence-electron chi connectivity index (χ3n) is 4.47. The molecule has 0 fully saturated rings. The minimum absolute atomic E-state index is 0.0304. The number of ether oxygens (including phenoxy) is 1.